The van der Waals surface area contributed by atoms with Crippen LogP contribution in [0.4, 0.5) is 0 Å². The maximum absolute atomic E-state index is 6.40. The zero-order chi connectivity index (χ0) is 13.4. The summed E-state index contributed by atoms with van der Waals surface area (Å²) in [5.74, 6) is 1.50. The normalized spacial score (nSPS) is 21.2. The molecule has 108 valence electrons. The molecular weight excluding hydrogens is 222 g/mol. The van der Waals surface area contributed by atoms with Crippen molar-refractivity contribution in [2.24, 2.45) is 17.6 Å². The first-order chi connectivity index (χ1) is 8.65. The van der Waals surface area contributed by atoms with Gasteiger partial charge < -0.3 is 10.5 Å². The molecule has 1 aliphatic rings. The van der Waals surface area contributed by atoms with Crippen LogP contribution in [0.2, 0.25) is 0 Å². The van der Waals surface area contributed by atoms with Crippen LogP contribution in [-0.2, 0) is 4.74 Å². The number of rotatable bonds is 8. The van der Waals surface area contributed by atoms with Crippen molar-refractivity contribution >= 4 is 0 Å². The fourth-order valence-electron chi connectivity index (χ4n) is 3.19. The standard InChI is InChI=1S/C16H33NO/c1-4-18-16(14-10-6-5-7-11-14)15(17)12-8-9-13(2)3/h13-16H,4-12,17H2,1-3H3. The Bertz CT molecular complexity index is 199. The second-order valence-corrected chi connectivity index (χ2v) is 6.31. The van der Waals surface area contributed by atoms with Crippen molar-refractivity contribution in [2.45, 2.75) is 84.3 Å². The van der Waals surface area contributed by atoms with Gasteiger partial charge >= 0.3 is 0 Å². The van der Waals surface area contributed by atoms with Crippen molar-refractivity contribution < 1.29 is 4.74 Å². The minimum atomic E-state index is 0.242. The van der Waals surface area contributed by atoms with Crippen LogP contribution in [0.15, 0.2) is 0 Å². The molecular formula is C16H33NO. The molecule has 1 fully saturated rings. The molecule has 0 heterocycles. The molecule has 2 unspecified atom stereocenters. The average molecular weight is 255 g/mol. The lowest BCUT2D eigenvalue weighted by atomic mass is 9.81. The summed E-state index contributed by atoms with van der Waals surface area (Å²) >= 11 is 0. The van der Waals surface area contributed by atoms with E-state index in [9.17, 15) is 0 Å². The highest BCUT2D eigenvalue weighted by Crippen LogP contribution is 2.30. The molecule has 0 aromatic carbocycles. The molecule has 0 aromatic heterocycles. The molecule has 0 aliphatic heterocycles. The van der Waals surface area contributed by atoms with E-state index in [1.54, 1.807) is 0 Å². The molecule has 2 nitrogen and oxygen atoms in total. The molecule has 18 heavy (non-hydrogen) atoms. The van der Waals surface area contributed by atoms with Gasteiger partial charge in [-0.1, -0.05) is 46.0 Å². The first-order valence-corrected chi connectivity index (χ1v) is 8.02. The molecule has 0 saturated heterocycles. The summed E-state index contributed by atoms with van der Waals surface area (Å²) < 4.78 is 5.98. The molecule has 2 atom stereocenters. The van der Waals surface area contributed by atoms with Gasteiger partial charge in [-0.2, -0.15) is 0 Å². The van der Waals surface area contributed by atoms with Gasteiger partial charge in [0, 0.05) is 12.6 Å². The third-order valence-corrected chi connectivity index (χ3v) is 4.21. The summed E-state index contributed by atoms with van der Waals surface area (Å²) in [6.45, 7) is 7.47. The lowest BCUT2D eigenvalue weighted by Gasteiger charge is -2.34. The van der Waals surface area contributed by atoms with Gasteiger partial charge in [-0.25, -0.2) is 0 Å². The molecule has 0 bridgehead atoms. The zero-order valence-corrected chi connectivity index (χ0v) is 12.7. The maximum Gasteiger partial charge on any atom is 0.0753 e. The van der Waals surface area contributed by atoms with Crippen molar-refractivity contribution in [2.75, 3.05) is 6.61 Å². The Kier molecular flexibility index (Phi) is 7.92. The lowest BCUT2D eigenvalue weighted by Crippen LogP contribution is -2.42. The van der Waals surface area contributed by atoms with E-state index in [-0.39, 0.29) is 6.04 Å². The quantitative estimate of drug-likeness (QED) is 0.708. The summed E-state index contributed by atoms with van der Waals surface area (Å²) in [5.41, 5.74) is 6.40. The average Bonchev–Trinajstić information content (AvgIpc) is 2.36. The van der Waals surface area contributed by atoms with Crippen molar-refractivity contribution in [1.29, 1.82) is 0 Å². The molecule has 0 spiro atoms. The van der Waals surface area contributed by atoms with Gasteiger partial charge in [0.1, 0.15) is 0 Å². The van der Waals surface area contributed by atoms with Crippen molar-refractivity contribution in [3.63, 3.8) is 0 Å². The van der Waals surface area contributed by atoms with Gasteiger partial charge in [0.2, 0.25) is 0 Å². The van der Waals surface area contributed by atoms with E-state index in [0.29, 0.717) is 12.0 Å². The van der Waals surface area contributed by atoms with E-state index in [2.05, 4.69) is 20.8 Å². The van der Waals surface area contributed by atoms with E-state index in [1.807, 2.05) is 0 Å². The van der Waals surface area contributed by atoms with Gasteiger partial charge in [-0.05, 0) is 38.0 Å². The van der Waals surface area contributed by atoms with E-state index < -0.39 is 0 Å². The number of hydrogen-bond acceptors (Lipinski definition) is 2. The largest absolute Gasteiger partial charge is 0.377 e. The molecule has 0 aromatic rings. The lowest BCUT2D eigenvalue weighted by molar-refractivity contribution is -0.0114. The highest BCUT2D eigenvalue weighted by Gasteiger charge is 2.28. The van der Waals surface area contributed by atoms with E-state index in [1.165, 1.54) is 44.9 Å². The topological polar surface area (TPSA) is 35.2 Å². The third kappa shape index (κ3) is 5.71. The fourth-order valence-corrected chi connectivity index (χ4v) is 3.19. The van der Waals surface area contributed by atoms with Crippen LogP contribution in [0.3, 0.4) is 0 Å². The first-order valence-electron chi connectivity index (χ1n) is 8.02. The highest BCUT2D eigenvalue weighted by molar-refractivity contribution is 4.83. The Hall–Kier alpha value is -0.0800. The van der Waals surface area contributed by atoms with Crippen molar-refractivity contribution in [3.8, 4) is 0 Å². The Balaban J connectivity index is 2.38. The SMILES string of the molecule is CCOC(C(N)CCCC(C)C)C1CCCCC1. The monoisotopic (exact) mass is 255 g/mol. The fraction of sp³-hybridized carbons (Fsp3) is 1.00. The Morgan fingerprint density at radius 2 is 1.78 bits per heavy atom. The maximum atomic E-state index is 6.40. The minimum absolute atomic E-state index is 0.242. The second-order valence-electron chi connectivity index (χ2n) is 6.31. The van der Waals surface area contributed by atoms with E-state index in [4.69, 9.17) is 10.5 Å². The summed E-state index contributed by atoms with van der Waals surface area (Å²) in [6, 6.07) is 0.242. The van der Waals surface area contributed by atoms with Gasteiger partial charge in [-0.3, -0.25) is 0 Å². The Morgan fingerprint density at radius 1 is 1.11 bits per heavy atom. The predicted molar refractivity (Wildman–Crippen MR) is 78.7 cm³/mol. The highest BCUT2D eigenvalue weighted by atomic mass is 16.5. The summed E-state index contributed by atoms with van der Waals surface area (Å²) in [4.78, 5) is 0. The van der Waals surface area contributed by atoms with Crippen molar-refractivity contribution in [3.05, 3.63) is 0 Å². The smallest absolute Gasteiger partial charge is 0.0753 e. The van der Waals surface area contributed by atoms with Crippen LogP contribution in [0.25, 0.3) is 0 Å². The van der Waals surface area contributed by atoms with Crippen LogP contribution in [0.1, 0.15) is 72.1 Å². The molecule has 2 N–H and O–H groups in total. The third-order valence-electron chi connectivity index (χ3n) is 4.21. The second kappa shape index (κ2) is 8.92. The summed E-state index contributed by atoms with van der Waals surface area (Å²) in [5, 5.41) is 0. The minimum Gasteiger partial charge on any atom is -0.377 e. The summed E-state index contributed by atoms with van der Waals surface area (Å²) in [7, 11) is 0. The van der Waals surface area contributed by atoms with Gasteiger partial charge in [-0.15, -0.1) is 0 Å². The van der Waals surface area contributed by atoms with E-state index >= 15 is 0 Å². The van der Waals surface area contributed by atoms with Crippen LogP contribution >= 0.6 is 0 Å². The number of nitrogens with two attached hydrogens (primary N) is 1. The van der Waals surface area contributed by atoms with Gasteiger partial charge in [0.25, 0.3) is 0 Å². The molecule has 1 saturated carbocycles. The molecule has 0 radical (unpaired) electrons. The van der Waals surface area contributed by atoms with Crippen LogP contribution < -0.4 is 5.73 Å². The van der Waals surface area contributed by atoms with E-state index in [0.717, 1.165) is 18.9 Å². The molecule has 0 amide bonds. The molecule has 1 aliphatic carbocycles. The Labute approximate surface area is 114 Å². The van der Waals surface area contributed by atoms with Crippen molar-refractivity contribution in [1.82, 2.24) is 0 Å². The number of ether oxygens (including phenoxy) is 1. The molecule has 2 heteroatoms. The summed E-state index contributed by atoms with van der Waals surface area (Å²) in [6.07, 6.45) is 10.7. The number of hydrogen-bond donors (Lipinski definition) is 1. The van der Waals surface area contributed by atoms with Crippen LogP contribution in [0, 0.1) is 11.8 Å². The van der Waals surface area contributed by atoms with Gasteiger partial charge in [0.15, 0.2) is 0 Å². The predicted octanol–water partition coefficient (Wildman–Crippen LogP) is 4.13. The van der Waals surface area contributed by atoms with Crippen LogP contribution in [-0.4, -0.2) is 18.8 Å². The first kappa shape index (κ1) is 16.0. The molecule has 1 rings (SSSR count). The Morgan fingerprint density at radius 3 is 2.33 bits per heavy atom. The van der Waals surface area contributed by atoms with Crippen LogP contribution in [0.5, 0.6) is 0 Å². The zero-order valence-electron chi connectivity index (χ0n) is 12.7. The van der Waals surface area contributed by atoms with Gasteiger partial charge in [0.05, 0.1) is 6.10 Å².